The quantitative estimate of drug-likeness (QED) is 0.898. The summed E-state index contributed by atoms with van der Waals surface area (Å²) in [5.41, 5.74) is 7.69. The van der Waals surface area contributed by atoms with Gasteiger partial charge in [-0.15, -0.1) is 0 Å². The van der Waals surface area contributed by atoms with Gasteiger partial charge in [0.05, 0.1) is 18.7 Å². The summed E-state index contributed by atoms with van der Waals surface area (Å²) < 4.78 is 5.06. The van der Waals surface area contributed by atoms with E-state index in [0.29, 0.717) is 22.9 Å². The summed E-state index contributed by atoms with van der Waals surface area (Å²) in [5.74, 6) is 0.857. The Hall–Kier alpha value is -2.81. The number of nitriles is 1. The second kappa shape index (κ2) is 5.23. The average Bonchev–Trinajstić information content (AvgIpc) is 2.47. The van der Waals surface area contributed by atoms with Crippen molar-refractivity contribution in [1.82, 2.24) is 9.97 Å². The van der Waals surface area contributed by atoms with E-state index in [1.165, 1.54) is 13.4 Å². The number of rotatable bonds is 3. The lowest BCUT2D eigenvalue weighted by atomic mass is 10.2. The highest BCUT2D eigenvalue weighted by atomic mass is 16.5. The molecule has 0 bridgehead atoms. The lowest BCUT2D eigenvalue weighted by Gasteiger charge is -2.20. The van der Waals surface area contributed by atoms with E-state index < -0.39 is 0 Å². The number of hydrogen-bond donors (Lipinski definition) is 1. The van der Waals surface area contributed by atoms with Crippen molar-refractivity contribution in [2.24, 2.45) is 0 Å². The summed E-state index contributed by atoms with van der Waals surface area (Å²) >= 11 is 0. The third kappa shape index (κ3) is 2.40. The van der Waals surface area contributed by atoms with Crippen LogP contribution in [-0.2, 0) is 0 Å². The first kappa shape index (κ1) is 12.6. The van der Waals surface area contributed by atoms with Crippen LogP contribution in [0.4, 0.5) is 17.2 Å². The second-order valence-electron chi connectivity index (χ2n) is 3.84. The third-order valence-electron chi connectivity index (χ3n) is 2.70. The van der Waals surface area contributed by atoms with Gasteiger partial charge in [0.1, 0.15) is 12.0 Å². The Kier molecular flexibility index (Phi) is 3.48. The molecule has 0 amide bonds. The van der Waals surface area contributed by atoms with Crippen molar-refractivity contribution >= 4 is 17.2 Å². The molecule has 2 N–H and O–H groups in total. The number of nitrogens with zero attached hydrogens (tertiary/aromatic N) is 4. The van der Waals surface area contributed by atoms with Gasteiger partial charge in [-0.1, -0.05) is 6.07 Å². The van der Waals surface area contributed by atoms with Gasteiger partial charge in [0.2, 0.25) is 5.88 Å². The molecule has 19 heavy (non-hydrogen) atoms. The fourth-order valence-electron chi connectivity index (χ4n) is 1.71. The molecule has 1 heterocycles. The maximum Gasteiger partial charge on any atom is 0.242 e. The highest BCUT2D eigenvalue weighted by molar-refractivity contribution is 5.74. The van der Waals surface area contributed by atoms with E-state index in [4.69, 9.17) is 15.7 Å². The molecule has 0 aliphatic rings. The number of benzene rings is 1. The molecule has 0 unspecified atom stereocenters. The zero-order valence-corrected chi connectivity index (χ0v) is 10.7. The van der Waals surface area contributed by atoms with E-state index in [1.54, 1.807) is 23.1 Å². The van der Waals surface area contributed by atoms with Crippen molar-refractivity contribution < 1.29 is 4.74 Å². The first-order valence-electron chi connectivity index (χ1n) is 5.55. The smallest absolute Gasteiger partial charge is 0.242 e. The Morgan fingerprint density at radius 1 is 1.37 bits per heavy atom. The predicted molar refractivity (Wildman–Crippen MR) is 72.2 cm³/mol. The van der Waals surface area contributed by atoms with Crippen molar-refractivity contribution in [3.8, 4) is 11.9 Å². The van der Waals surface area contributed by atoms with Gasteiger partial charge < -0.3 is 15.4 Å². The van der Waals surface area contributed by atoms with Crippen molar-refractivity contribution in [2.75, 3.05) is 24.8 Å². The minimum atomic E-state index is 0.327. The number of ether oxygens (including phenoxy) is 1. The fraction of sp³-hybridized carbons (Fsp3) is 0.154. The molecule has 2 aromatic rings. The van der Waals surface area contributed by atoms with Gasteiger partial charge in [0.25, 0.3) is 0 Å². The maximum atomic E-state index is 8.91. The van der Waals surface area contributed by atoms with Crippen LogP contribution in [0.2, 0.25) is 0 Å². The Morgan fingerprint density at radius 2 is 2.16 bits per heavy atom. The minimum Gasteiger partial charge on any atom is -0.479 e. The summed E-state index contributed by atoms with van der Waals surface area (Å²) in [6.07, 6.45) is 1.38. The number of methoxy groups -OCH3 is 1. The molecule has 0 atom stereocenters. The van der Waals surface area contributed by atoms with Gasteiger partial charge in [0, 0.05) is 12.7 Å². The minimum absolute atomic E-state index is 0.327. The van der Waals surface area contributed by atoms with Gasteiger partial charge in [-0.05, 0) is 18.2 Å². The van der Waals surface area contributed by atoms with E-state index in [1.807, 2.05) is 13.1 Å². The molecule has 6 nitrogen and oxygen atoms in total. The molecule has 6 heteroatoms. The normalized spacial score (nSPS) is 9.74. The zero-order chi connectivity index (χ0) is 13.8. The summed E-state index contributed by atoms with van der Waals surface area (Å²) in [4.78, 5) is 9.85. The van der Waals surface area contributed by atoms with E-state index >= 15 is 0 Å². The van der Waals surface area contributed by atoms with Crippen LogP contribution in [0.15, 0.2) is 30.6 Å². The predicted octanol–water partition coefficient (Wildman–Crippen LogP) is 1.71. The van der Waals surface area contributed by atoms with Crippen LogP contribution in [0, 0.1) is 11.3 Å². The Morgan fingerprint density at radius 3 is 2.84 bits per heavy atom. The monoisotopic (exact) mass is 255 g/mol. The van der Waals surface area contributed by atoms with Crippen molar-refractivity contribution in [3.63, 3.8) is 0 Å². The number of anilines is 3. The summed E-state index contributed by atoms with van der Waals surface area (Å²) in [6, 6.07) is 9.27. The summed E-state index contributed by atoms with van der Waals surface area (Å²) in [5, 5.41) is 8.91. The highest BCUT2D eigenvalue weighted by Gasteiger charge is 2.14. The van der Waals surface area contributed by atoms with Crippen LogP contribution in [0.1, 0.15) is 5.56 Å². The molecule has 2 rings (SSSR count). The number of nitrogens with two attached hydrogens (primary N) is 1. The van der Waals surface area contributed by atoms with Gasteiger partial charge in [-0.3, -0.25) is 0 Å². The van der Waals surface area contributed by atoms with E-state index in [9.17, 15) is 0 Å². The molecular formula is C13H13N5O. The van der Waals surface area contributed by atoms with Gasteiger partial charge in [-0.25, -0.2) is 4.98 Å². The standard InChI is InChI=1S/C13H13N5O/c1-18(10-5-3-4-9(6-10)7-14)12-11(15)13(19-2)17-8-16-12/h3-6,8H,15H2,1-2H3. The average molecular weight is 255 g/mol. The Balaban J connectivity index is 2.44. The Bertz CT molecular complexity index is 635. The molecule has 0 aliphatic carbocycles. The summed E-state index contributed by atoms with van der Waals surface area (Å²) in [7, 11) is 3.31. The maximum absolute atomic E-state index is 8.91. The summed E-state index contributed by atoms with van der Waals surface area (Å²) in [6.45, 7) is 0. The molecule has 96 valence electrons. The van der Waals surface area contributed by atoms with Crippen LogP contribution in [-0.4, -0.2) is 24.1 Å². The van der Waals surface area contributed by atoms with E-state index in [-0.39, 0.29) is 0 Å². The molecule has 1 aromatic heterocycles. The largest absolute Gasteiger partial charge is 0.479 e. The number of hydrogen-bond acceptors (Lipinski definition) is 6. The van der Waals surface area contributed by atoms with Gasteiger partial charge >= 0.3 is 0 Å². The van der Waals surface area contributed by atoms with Crippen molar-refractivity contribution in [1.29, 1.82) is 5.26 Å². The van der Waals surface area contributed by atoms with Crippen LogP contribution < -0.4 is 15.4 Å². The van der Waals surface area contributed by atoms with E-state index in [2.05, 4.69) is 16.0 Å². The topological polar surface area (TPSA) is 88.1 Å². The van der Waals surface area contributed by atoms with Crippen LogP contribution in [0.25, 0.3) is 0 Å². The molecule has 0 spiro atoms. The van der Waals surface area contributed by atoms with Gasteiger partial charge in [0.15, 0.2) is 5.82 Å². The van der Waals surface area contributed by atoms with Crippen molar-refractivity contribution in [3.05, 3.63) is 36.2 Å². The number of aromatic nitrogens is 2. The molecule has 0 saturated carbocycles. The zero-order valence-electron chi connectivity index (χ0n) is 10.7. The fourth-order valence-corrected chi connectivity index (χ4v) is 1.71. The third-order valence-corrected chi connectivity index (χ3v) is 2.70. The molecule has 0 radical (unpaired) electrons. The first-order valence-corrected chi connectivity index (χ1v) is 5.55. The lowest BCUT2D eigenvalue weighted by Crippen LogP contribution is -2.14. The second-order valence-corrected chi connectivity index (χ2v) is 3.84. The van der Waals surface area contributed by atoms with Gasteiger partial charge in [-0.2, -0.15) is 10.2 Å². The molecule has 0 fully saturated rings. The molecule has 1 aromatic carbocycles. The van der Waals surface area contributed by atoms with E-state index in [0.717, 1.165) is 5.69 Å². The molecular weight excluding hydrogens is 242 g/mol. The molecule has 0 saturated heterocycles. The van der Waals surface area contributed by atoms with Crippen molar-refractivity contribution in [2.45, 2.75) is 0 Å². The first-order chi connectivity index (χ1) is 9.17. The highest BCUT2D eigenvalue weighted by Crippen LogP contribution is 2.31. The SMILES string of the molecule is COc1ncnc(N(C)c2cccc(C#N)c2)c1N. The molecule has 0 aliphatic heterocycles. The van der Waals surface area contributed by atoms with Crippen LogP contribution in [0.3, 0.4) is 0 Å². The van der Waals surface area contributed by atoms with Crippen LogP contribution >= 0.6 is 0 Å². The lowest BCUT2D eigenvalue weighted by molar-refractivity contribution is 0.399. The van der Waals surface area contributed by atoms with Crippen LogP contribution in [0.5, 0.6) is 5.88 Å². The number of nitrogen functional groups attached to an aromatic ring is 1. The Labute approximate surface area is 111 Å².